The van der Waals surface area contributed by atoms with Crippen LogP contribution < -0.4 is 5.32 Å². The molecule has 0 rings (SSSR count). The number of unbranched alkanes of at least 4 members (excludes halogenated alkanes) is 8. The lowest BCUT2D eigenvalue weighted by Crippen LogP contribution is -2.44. The van der Waals surface area contributed by atoms with Gasteiger partial charge >= 0.3 is 11.9 Å². The first-order chi connectivity index (χ1) is 12.7. The number of nitrogens with one attached hydrogen (secondary N) is 1. The van der Waals surface area contributed by atoms with Gasteiger partial charge in [0.25, 0.3) is 0 Å². The van der Waals surface area contributed by atoms with Gasteiger partial charge in [0.2, 0.25) is 5.91 Å². The fraction of sp³-hybridized carbons (Fsp3) is 0.857. The van der Waals surface area contributed by atoms with Gasteiger partial charge in [-0.15, -0.1) is 0 Å². The summed E-state index contributed by atoms with van der Waals surface area (Å²) < 4.78 is 5.28. The maximum absolute atomic E-state index is 12.2. The number of ether oxygens (including phenoxy) is 1. The van der Waals surface area contributed by atoms with Crippen LogP contribution in [-0.4, -0.2) is 34.6 Å². The fourth-order valence-corrected chi connectivity index (χ4v) is 2.75. The molecule has 0 aromatic rings. The Bertz CT molecular complexity index is 442. The Balaban J connectivity index is 4.13. The van der Waals surface area contributed by atoms with E-state index < -0.39 is 23.6 Å². The van der Waals surface area contributed by atoms with Gasteiger partial charge in [-0.1, -0.05) is 58.3 Å². The molecule has 1 atom stereocenters. The van der Waals surface area contributed by atoms with E-state index in [1.54, 1.807) is 20.8 Å². The van der Waals surface area contributed by atoms with E-state index in [1.807, 2.05) is 0 Å². The number of amides is 1. The molecule has 0 radical (unpaired) electrons. The Morgan fingerprint density at radius 1 is 0.889 bits per heavy atom. The Morgan fingerprint density at radius 3 is 1.89 bits per heavy atom. The molecule has 6 heteroatoms. The molecule has 0 aliphatic heterocycles. The first kappa shape index (κ1) is 25.4. The molecule has 0 heterocycles. The zero-order valence-corrected chi connectivity index (χ0v) is 17.6. The second-order valence-electron chi connectivity index (χ2n) is 8.16. The summed E-state index contributed by atoms with van der Waals surface area (Å²) >= 11 is 0. The minimum atomic E-state index is -1.00. The van der Waals surface area contributed by atoms with Gasteiger partial charge in [0.15, 0.2) is 0 Å². The van der Waals surface area contributed by atoms with E-state index in [0.717, 1.165) is 19.3 Å². The second kappa shape index (κ2) is 14.5. The van der Waals surface area contributed by atoms with Crippen LogP contribution in [0.2, 0.25) is 0 Å². The third-order valence-electron chi connectivity index (χ3n) is 4.18. The zero-order valence-electron chi connectivity index (χ0n) is 17.6. The van der Waals surface area contributed by atoms with Crippen LogP contribution in [0.1, 0.15) is 105 Å². The van der Waals surface area contributed by atoms with Gasteiger partial charge in [0.05, 0.1) is 0 Å². The molecule has 0 bridgehead atoms. The van der Waals surface area contributed by atoms with Crippen molar-refractivity contribution in [3.63, 3.8) is 0 Å². The molecule has 158 valence electrons. The molecule has 0 saturated carbocycles. The van der Waals surface area contributed by atoms with E-state index in [4.69, 9.17) is 9.84 Å². The van der Waals surface area contributed by atoms with E-state index in [1.165, 1.54) is 38.5 Å². The van der Waals surface area contributed by atoms with Crippen LogP contribution in [0.3, 0.4) is 0 Å². The molecule has 0 aliphatic rings. The molecule has 0 fully saturated rings. The van der Waals surface area contributed by atoms with Gasteiger partial charge in [-0.05, 0) is 33.6 Å². The number of hydrogen-bond acceptors (Lipinski definition) is 4. The van der Waals surface area contributed by atoms with E-state index in [9.17, 15) is 14.4 Å². The summed E-state index contributed by atoms with van der Waals surface area (Å²) in [7, 11) is 0. The standard InChI is InChI=1S/C21H39NO5/c1-5-6-7-8-9-10-11-12-13-14-18(23)22-17(15-16-19(24)25)20(26)27-21(2,3)4/h17H,5-16H2,1-4H3,(H,22,23)(H,24,25). The molecular formula is C21H39NO5. The largest absolute Gasteiger partial charge is 0.481 e. The molecule has 0 aliphatic carbocycles. The molecule has 27 heavy (non-hydrogen) atoms. The third-order valence-corrected chi connectivity index (χ3v) is 4.18. The number of carbonyl (C=O) groups is 3. The number of carboxylic acid groups (broad SMARTS) is 1. The van der Waals surface area contributed by atoms with Gasteiger partial charge in [0.1, 0.15) is 11.6 Å². The monoisotopic (exact) mass is 385 g/mol. The maximum Gasteiger partial charge on any atom is 0.329 e. The summed E-state index contributed by atoms with van der Waals surface area (Å²) in [5.74, 6) is -1.81. The Hall–Kier alpha value is -1.59. The SMILES string of the molecule is CCCCCCCCCCCC(=O)NC(CCC(=O)O)C(=O)OC(C)(C)C. The minimum Gasteiger partial charge on any atom is -0.481 e. The van der Waals surface area contributed by atoms with Gasteiger partial charge in [0, 0.05) is 12.8 Å². The average Bonchev–Trinajstić information content (AvgIpc) is 2.55. The Labute approximate surface area is 164 Å². The minimum absolute atomic E-state index is 0.0355. The molecular weight excluding hydrogens is 346 g/mol. The Kier molecular flexibility index (Phi) is 13.6. The van der Waals surface area contributed by atoms with E-state index >= 15 is 0 Å². The summed E-state index contributed by atoms with van der Waals surface area (Å²) in [4.78, 5) is 35.1. The molecule has 0 aromatic heterocycles. The van der Waals surface area contributed by atoms with E-state index in [2.05, 4.69) is 12.2 Å². The van der Waals surface area contributed by atoms with Crippen molar-refractivity contribution in [2.24, 2.45) is 0 Å². The van der Waals surface area contributed by atoms with Crippen LogP contribution in [0.15, 0.2) is 0 Å². The molecule has 0 saturated heterocycles. The molecule has 0 spiro atoms. The predicted molar refractivity (Wildman–Crippen MR) is 106 cm³/mol. The summed E-state index contributed by atoms with van der Waals surface area (Å²) in [5, 5.41) is 11.5. The van der Waals surface area contributed by atoms with Crippen LogP contribution in [0, 0.1) is 0 Å². The summed E-state index contributed by atoms with van der Waals surface area (Å²) in [6.45, 7) is 7.43. The third kappa shape index (κ3) is 16.3. The Morgan fingerprint density at radius 2 is 1.41 bits per heavy atom. The van der Waals surface area contributed by atoms with Crippen molar-refractivity contribution < 1.29 is 24.2 Å². The first-order valence-corrected chi connectivity index (χ1v) is 10.4. The maximum atomic E-state index is 12.2. The van der Waals surface area contributed by atoms with Crippen molar-refractivity contribution in [1.29, 1.82) is 0 Å². The van der Waals surface area contributed by atoms with Crippen molar-refractivity contribution in [2.45, 2.75) is 116 Å². The number of hydrogen-bond donors (Lipinski definition) is 2. The average molecular weight is 386 g/mol. The lowest BCUT2D eigenvalue weighted by atomic mass is 10.1. The topological polar surface area (TPSA) is 92.7 Å². The van der Waals surface area contributed by atoms with Gasteiger partial charge in [-0.3, -0.25) is 9.59 Å². The highest BCUT2D eigenvalue weighted by Crippen LogP contribution is 2.13. The highest BCUT2D eigenvalue weighted by Gasteiger charge is 2.27. The molecule has 2 N–H and O–H groups in total. The van der Waals surface area contributed by atoms with E-state index in [0.29, 0.717) is 6.42 Å². The van der Waals surface area contributed by atoms with E-state index in [-0.39, 0.29) is 18.7 Å². The highest BCUT2D eigenvalue weighted by molar-refractivity contribution is 5.85. The predicted octanol–water partition coefficient (Wildman–Crippen LogP) is 4.60. The number of carboxylic acids is 1. The lowest BCUT2D eigenvalue weighted by molar-refractivity contribution is -0.159. The number of aliphatic carboxylic acids is 1. The van der Waals surface area contributed by atoms with Crippen LogP contribution in [-0.2, 0) is 19.1 Å². The smallest absolute Gasteiger partial charge is 0.329 e. The first-order valence-electron chi connectivity index (χ1n) is 10.4. The van der Waals surface area contributed by atoms with Crippen LogP contribution in [0.25, 0.3) is 0 Å². The summed E-state index contributed by atoms with van der Waals surface area (Å²) in [6.07, 6.45) is 10.7. The number of rotatable bonds is 15. The van der Waals surface area contributed by atoms with Gasteiger partial charge in [-0.25, -0.2) is 4.79 Å². The van der Waals surface area contributed by atoms with Crippen LogP contribution in [0.5, 0.6) is 0 Å². The van der Waals surface area contributed by atoms with Crippen molar-refractivity contribution in [1.82, 2.24) is 5.32 Å². The normalized spacial score (nSPS) is 12.4. The van der Waals surface area contributed by atoms with Crippen molar-refractivity contribution in [2.75, 3.05) is 0 Å². The lowest BCUT2D eigenvalue weighted by Gasteiger charge is -2.24. The summed E-state index contributed by atoms with van der Waals surface area (Å²) in [6, 6.07) is -0.911. The van der Waals surface area contributed by atoms with Gasteiger partial charge < -0.3 is 15.2 Å². The molecule has 1 amide bonds. The quantitative estimate of drug-likeness (QED) is 0.317. The molecule has 1 unspecified atom stereocenters. The summed E-state index contributed by atoms with van der Waals surface area (Å²) in [5.41, 5.74) is -0.680. The highest BCUT2D eigenvalue weighted by atomic mass is 16.6. The van der Waals surface area contributed by atoms with Crippen molar-refractivity contribution in [3.05, 3.63) is 0 Å². The van der Waals surface area contributed by atoms with Crippen molar-refractivity contribution in [3.8, 4) is 0 Å². The van der Waals surface area contributed by atoms with Gasteiger partial charge in [-0.2, -0.15) is 0 Å². The number of esters is 1. The fourth-order valence-electron chi connectivity index (χ4n) is 2.75. The number of carbonyl (C=O) groups excluding carboxylic acids is 2. The van der Waals surface area contributed by atoms with Crippen LogP contribution in [0.4, 0.5) is 0 Å². The van der Waals surface area contributed by atoms with Crippen LogP contribution >= 0.6 is 0 Å². The molecule has 6 nitrogen and oxygen atoms in total. The van der Waals surface area contributed by atoms with Crippen molar-refractivity contribution >= 4 is 17.8 Å². The second-order valence-corrected chi connectivity index (χ2v) is 8.16. The molecule has 0 aromatic carbocycles. The zero-order chi connectivity index (χ0) is 20.7.